The number of unbranched alkanes of at least 4 members (excludes halogenated alkanes) is 2. The molecule has 1 aliphatic rings. The van der Waals surface area contributed by atoms with E-state index in [2.05, 4.69) is 128 Å². The third kappa shape index (κ3) is 8.34. The summed E-state index contributed by atoms with van der Waals surface area (Å²) in [6.45, 7) is 11.8. The second-order valence-corrected chi connectivity index (χ2v) is 17.7. The van der Waals surface area contributed by atoms with E-state index < -0.39 is 5.91 Å². The summed E-state index contributed by atoms with van der Waals surface area (Å²) in [5.41, 5.74) is 7.89. The zero-order chi connectivity index (χ0) is 40.8. The van der Waals surface area contributed by atoms with Gasteiger partial charge >= 0.3 is 0 Å². The van der Waals surface area contributed by atoms with E-state index in [4.69, 9.17) is 0 Å². The standard InChI is InChI=1S/C50H54N4O2S2/c1-6-10-18-35(8-3)32-52-44-29-41(28-42-34(5)43(31-51)50(56)53(49(42)55)33-36(9-4)19-11-7-2)57-47(44)48-45(52)30-46(58-48)37-24-26-40(27-25-37)54(38-20-14-12-15-21-38)39-22-16-13-17-23-39/h12-17,20-30,35-36H,6-11,18-19,32-33H2,1-5H3. The molecule has 0 spiro atoms. The van der Waals surface area contributed by atoms with Crippen LogP contribution in [0.5, 0.6) is 0 Å². The van der Waals surface area contributed by atoms with Crippen molar-refractivity contribution in [3.63, 3.8) is 0 Å². The second kappa shape index (κ2) is 18.6. The highest BCUT2D eigenvalue weighted by Crippen LogP contribution is 2.45. The highest BCUT2D eigenvalue weighted by molar-refractivity contribution is 7.29. The van der Waals surface area contributed by atoms with Crippen molar-refractivity contribution >= 4 is 78.1 Å². The lowest BCUT2D eigenvalue weighted by atomic mass is 9.92. The highest BCUT2D eigenvalue weighted by Gasteiger charge is 2.36. The number of nitriles is 1. The van der Waals surface area contributed by atoms with Gasteiger partial charge in [0.25, 0.3) is 11.8 Å². The summed E-state index contributed by atoms with van der Waals surface area (Å²) in [5, 5.41) is 10.1. The van der Waals surface area contributed by atoms with E-state index in [9.17, 15) is 14.9 Å². The average Bonchev–Trinajstić information content (AvgIpc) is 3.94. The van der Waals surface area contributed by atoms with Gasteiger partial charge in [-0.15, -0.1) is 22.7 Å². The fourth-order valence-corrected chi connectivity index (χ4v) is 10.6. The van der Waals surface area contributed by atoms with Crippen molar-refractivity contribution in [2.24, 2.45) is 11.8 Å². The summed E-state index contributed by atoms with van der Waals surface area (Å²) in [6.07, 6.45) is 10.5. The predicted molar refractivity (Wildman–Crippen MR) is 245 cm³/mol. The first-order chi connectivity index (χ1) is 28.3. The Kier molecular flexibility index (Phi) is 13.1. The number of anilines is 3. The third-order valence-corrected chi connectivity index (χ3v) is 14.2. The average molecular weight is 807 g/mol. The number of hydrogen-bond acceptors (Lipinski definition) is 6. The summed E-state index contributed by atoms with van der Waals surface area (Å²) in [7, 11) is 0. The molecule has 0 fully saturated rings. The number of carbonyl (C=O) groups is 2. The number of imide groups is 1. The van der Waals surface area contributed by atoms with E-state index in [-0.39, 0.29) is 17.4 Å². The Balaban J connectivity index is 1.28. The molecule has 1 aliphatic heterocycles. The molecule has 0 N–H and O–H groups in total. The van der Waals surface area contributed by atoms with E-state index in [0.29, 0.717) is 23.6 Å². The molecule has 0 bridgehead atoms. The molecule has 7 rings (SSSR count). The van der Waals surface area contributed by atoms with Crippen LogP contribution in [0.1, 0.15) is 90.9 Å². The van der Waals surface area contributed by atoms with Crippen molar-refractivity contribution in [3.8, 4) is 16.5 Å². The van der Waals surface area contributed by atoms with Crippen LogP contribution in [0.25, 0.3) is 36.9 Å². The molecular weight excluding hydrogens is 753 g/mol. The first-order valence-electron chi connectivity index (χ1n) is 21.0. The summed E-state index contributed by atoms with van der Waals surface area (Å²) in [6, 6.07) is 36.6. The fraction of sp³-hybridized carbons (Fsp3) is 0.340. The van der Waals surface area contributed by atoms with Crippen LogP contribution in [0.4, 0.5) is 17.1 Å². The third-order valence-electron chi connectivity index (χ3n) is 11.8. The summed E-state index contributed by atoms with van der Waals surface area (Å²) < 4.78 is 4.97. The predicted octanol–water partition coefficient (Wildman–Crippen LogP) is 14.1. The maximum absolute atomic E-state index is 14.1. The van der Waals surface area contributed by atoms with Gasteiger partial charge in [-0.3, -0.25) is 14.5 Å². The monoisotopic (exact) mass is 806 g/mol. The van der Waals surface area contributed by atoms with Crippen molar-refractivity contribution < 1.29 is 9.59 Å². The van der Waals surface area contributed by atoms with Crippen LogP contribution in [0.2, 0.25) is 0 Å². The normalized spacial score (nSPS) is 15.2. The van der Waals surface area contributed by atoms with Gasteiger partial charge in [-0.05, 0) is 97.3 Å². The van der Waals surface area contributed by atoms with Crippen LogP contribution < -0.4 is 4.90 Å². The topological polar surface area (TPSA) is 69.3 Å². The molecule has 2 amide bonds. The smallest absolute Gasteiger partial charge is 0.271 e. The molecule has 0 saturated heterocycles. The largest absolute Gasteiger partial charge is 0.339 e. The minimum absolute atomic E-state index is 0.0653. The molecule has 6 aromatic rings. The van der Waals surface area contributed by atoms with E-state index in [1.807, 2.05) is 29.5 Å². The van der Waals surface area contributed by atoms with Crippen LogP contribution in [-0.4, -0.2) is 27.8 Å². The van der Waals surface area contributed by atoms with E-state index in [1.165, 1.54) is 55.0 Å². The molecule has 2 unspecified atom stereocenters. The summed E-state index contributed by atoms with van der Waals surface area (Å²) in [5.74, 6) is -0.00780. The lowest BCUT2D eigenvalue weighted by Gasteiger charge is -2.30. The summed E-state index contributed by atoms with van der Waals surface area (Å²) >= 11 is 3.52. The van der Waals surface area contributed by atoms with Gasteiger partial charge in [0.15, 0.2) is 0 Å². The van der Waals surface area contributed by atoms with Crippen LogP contribution in [0.15, 0.2) is 114 Å². The molecule has 298 valence electrons. The number of nitrogens with zero attached hydrogens (tertiary/aromatic N) is 4. The number of fused-ring (bicyclic) bond motifs is 3. The molecule has 58 heavy (non-hydrogen) atoms. The zero-order valence-corrected chi connectivity index (χ0v) is 36.1. The number of para-hydroxylation sites is 2. The molecule has 8 heteroatoms. The molecule has 2 atom stereocenters. The lowest BCUT2D eigenvalue weighted by molar-refractivity contribution is -0.141. The van der Waals surface area contributed by atoms with Crippen molar-refractivity contribution in [3.05, 3.63) is 119 Å². The number of benzene rings is 3. The Morgan fingerprint density at radius 1 is 0.707 bits per heavy atom. The maximum Gasteiger partial charge on any atom is 0.271 e. The first-order valence-corrected chi connectivity index (χ1v) is 22.7. The summed E-state index contributed by atoms with van der Waals surface area (Å²) in [4.78, 5) is 33.4. The minimum atomic E-state index is -0.466. The Morgan fingerprint density at radius 2 is 1.26 bits per heavy atom. The van der Waals surface area contributed by atoms with Crippen LogP contribution in [0.3, 0.4) is 0 Å². The number of amides is 2. The molecule has 0 aliphatic carbocycles. The zero-order valence-electron chi connectivity index (χ0n) is 34.5. The fourth-order valence-electron chi connectivity index (χ4n) is 8.21. The second-order valence-electron chi connectivity index (χ2n) is 15.6. The molecule has 0 saturated carbocycles. The Labute approximate surface area is 351 Å². The van der Waals surface area contributed by atoms with Gasteiger partial charge < -0.3 is 9.47 Å². The van der Waals surface area contributed by atoms with Crippen LogP contribution in [0, 0.1) is 23.2 Å². The van der Waals surface area contributed by atoms with Crippen molar-refractivity contribution in [1.29, 1.82) is 5.26 Å². The number of thiophene rings is 2. The molecular formula is C50H54N4O2S2. The lowest BCUT2D eigenvalue weighted by Crippen LogP contribution is -2.45. The van der Waals surface area contributed by atoms with Gasteiger partial charge in [0.05, 0.1) is 20.4 Å². The molecule has 3 aromatic carbocycles. The van der Waals surface area contributed by atoms with E-state index in [1.54, 1.807) is 18.3 Å². The van der Waals surface area contributed by atoms with Crippen molar-refractivity contribution in [2.45, 2.75) is 92.5 Å². The Hall–Kier alpha value is -5.23. The van der Waals surface area contributed by atoms with Gasteiger partial charge in [0.1, 0.15) is 11.6 Å². The number of rotatable bonds is 17. The van der Waals surface area contributed by atoms with Gasteiger partial charge in [-0.25, -0.2) is 0 Å². The molecule has 6 nitrogen and oxygen atoms in total. The van der Waals surface area contributed by atoms with Crippen LogP contribution >= 0.6 is 22.7 Å². The Morgan fingerprint density at radius 3 is 1.83 bits per heavy atom. The van der Waals surface area contributed by atoms with E-state index in [0.717, 1.165) is 60.6 Å². The molecule has 0 radical (unpaired) electrons. The SMILES string of the molecule is CCCCC(CC)CN1C(=O)C(=Cc2cc3c(s2)c2sc(-c4ccc(N(c5ccccc5)c5ccccc5)cc4)cc2n3CC(CC)CCCC)C(C)=C(C#N)C1=O. The van der Waals surface area contributed by atoms with Gasteiger partial charge in [0, 0.05) is 45.5 Å². The molecule has 3 aromatic heterocycles. The Bertz CT molecular complexity index is 2440. The van der Waals surface area contributed by atoms with Crippen molar-refractivity contribution in [2.75, 3.05) is 11.4 Å². The van der Waals surface area contributed by atoms with E-state index >= 15 is 0 Å². The van der Waals surface area contributed by atoms with Crippen molar-refractivity contribution in [1.82, 2.24) is 9.47 Å². The van der Waals surface area contributed by atoms with Crippen LogP contribution in [-0.2, 0) is 16.1 Å². The first kappa shape index (κ1) is 40.9. The minimum Gasteiger partial charge on any atom is -0.339 e. The maximum atomic E-state index is 14.1. The number of hydrogen-bond donors (Lipinski definition) is 0. The number of carbonyl (C=O) groups excluding carboxylic acids is 2. The van der Waals surface area contributed by atoms with Gasteiger partial charge in [0.2, 0.25) is 0 Å². The highest BCUT2D eigenvalue weighted by atomic mass is 32.1. The quantitative estimate of drug-likeness (QED) is 0.0680. The van der Waals surface area contributed by atoms with Gasteiger partial charge in [-0.2, -0.15) is 5.26 Å². The molecule has 4 heterocycles. The van der Waals surface area contributed by atoms with Gasteiger partial charge in [-0.1, -0.05) is 115 Å². The number of aromatic nitrogens is 1.